The van der Waals surface area contributed by atoms with Crippen LogP contribution < -0.4 is 20.1 Å². The molecule has 0 atom stereocenters. The maximum atomic E-state index is 12.3. The van der Waals surface area contributed by atoms with Crippen LogP contribution in [-0.2, 0) is 9.59 Å². The zero-order chi connectivity index (χ0) is 18.5. The van der Waals surface area contributed by atoms with Crippen molar-refractivity contribution in [2.24, 2.45) is 0 Å². The zero-order valence-electron chi connectivity index (χ0n) is 14.8. The highest BCUT2D eigenvalue weighted by molar-refractivity contribution is 6.09. The van der Waals surface area contributed by atoms with Crippen LogP contribution in [0.15, 0.2) is 18.2 Å². The Morgan fingerprint density at radius 1 is 1.19 bits per heavy atom. The van der Waals surface area contributed by atoms with E-state index in [1.165, 1.54) is 0 Å². The van der Waals surface area contributed by atoms with Gasteiger partial charge in [-0.15, -0.1) is 0 Å². The Hall–Kier alpha value is -2.77. The number of fused-ring (bicyclic) bond motifs is 1. The van der Waals surface area contributed by atoms with Gasteiger partial charge in [0.25, 0.3) is 11.7 Å². The van der Waals surface area contributed by atoms with E-state index in [2.05, 4.69) is 10.6 Å². The van der Waals surface area contributed by atoms with Crippen molar-refractivity contribution < 1.29 is 23.9 Å². The highest BCUT2D eigenvalue weighted by Gasteiger charge is 2.45. The molecule has 1 aromatic rings. The maximum absolute atomic E-state index is 12.3. The summed E-state index contributed by atoms with van der Waals surface area (Å²) in [4.78, 5) is 37.2. The number of benzene rings is 1. The lowest BCUT2D eigenvalue weighted by Gasteiger charge is -2.21. The molecule has 138 valence electrons. The third-order valence-electron chi connectivity index (χ3n) is 4.93. The fourth-order valence-corrected chi connectivity index (χ4v) is 3.59. The molecule has 0 bridgehead atoms. The van der Waals surface area contributed by atoms with E-state index in [-0.39, 0.29) is 6.54 Å². The molecule has 0 radical (unpaired) electrons. The van der Waals surface area contributed by atoms with Gasteiger partial charge in [0, 0.05) is 24.6 Å². The van der Waals surface area contributed by atoms with Crippen LogP contribution in [0.3, 0.4) is 0 Å². The van der Waals surface area contributed by atoms with E-state index < -0.39 is 29.2 Å². The summed E-state index contributed by atoms with van der Waals surface area (Å²) in [5.41, 5.74) is -0.468. The normalized spacial score (nSPS) is 22.0. The number of hydrogen-bond acceptors (Lipinski definition) is 5. The summed E-state index contributed by atoms with van der Waals surface area (Å²) in [6.45, 7) is 2.86. The average molecular weight is 359 g/mol. The minimum atomic E-state index is -0.994. The van der Waals surface area contributed by atoms with Gasteiger partial charge in [-0.05, 0) is 38.8 Å². The summed E-state index contributed by atoms with van der Waals surface area (Å²) in [5, 5.41) is 5.24. The van der Waals surface area contributed by atoms with Crippen molar-refractivity contribution in [2.75, 3.05) is 11.9 Å². The van der Waals surface area contributed by atoms with Crippen LogP contribution in [0.1, 0.15) is 39.5 Å². The summed E-state index contributed by atoms with van der Waals surface area (Å²) in [6, 6.07) is 4.61. The van der Waals surface area contributed by atoms with Gasteiger partial charge in [-0.1, -0.05) is 0 Å². The molecule has 2 N–H and O–H groups in total. The fraction of sp³-hybridized carbons (Fsp3) is 0.500. The van der Waals surface area contributed by atoms with E-state index in [0.29, 0.717) is 17.2 Å². The number of hydrogen-bond donors (Lipinski definition) is 2. The van der Waals surface area contributed by atoms with E-state index in [4.69, 9.17) is 9.47 Å². The van der Waals surface area contributed by atoms with Crippen LogP contribution >= 0.6 is 0 Å². The number of imide groups is 1. The SMILES string of the molecule is CC1(C)NC(=O)N(CC(=O)Nc2ccc3c(c2)OC2(CCCC2)O3)C1=O. The number of anilines is 1. The van der Waals surface area contributed by atoms with Crippen molar-refractivity contribution in [3.05, 3.63) is 18.2 Å². The molecule has 26 heavy (non-hydrogen) atoms. The van der Waals surface area contributed by atoms with Crippen molar-refractivity contribution in [3.8, 4) is 11.5 Å². The first-order chi connectivity index (χ1) is 12.3. The van der Waals surface area contributed by atoms with Crippen molar-refractivity contribution in [1.82, 2.24) is 10.2 Å². The molecule has 4 amide bonds. The predicted molar refractivity (Wildman–Crippen MR) is 91.9 cm³/mol. The Kier molecular flexibility index (Phi) is 3.61. The van der Waals surface area contributed by atoms with Crippen LogP contribution in [0.5, 0.6) is 11.5 Å². The van der Waals surface area contributed by atoms with Gasteiger partial charge in [-0.25, -0.2) is 4.79 Å². The molecular weight excluding hydrogens is 338 g/mol. The van der Waals surface area contributed by atoms with Crippen LogP contribution in [0.4, 0.5) is 10.5 Å². The highest BCUT2D eigenvalue weighted by atomic mass is 16.7. The molecule has 2 heterocycles. The van der Waals surface area contributed by atoms with Crippen molar-refractivity contribution in [3.63, 3.8) is 0 Å². The second-order valence-electron chi connectivity index (χ2n) is 7.48. The van der Waals surface area contributed by atoms with Crippen LogP contribution in [-0.4, -0.2) is 40.6 Å². The lowest BCUT2D eigenvalue weighted by atomic mass is 10.1. The quantitative estimate of drug-likeness (QED) is 0.805. The zero-order valence-corrected chi connectivity index (χ0v) is 14.8. The fourth-order valence-electron chi connectivity index (χ4n) is 3.59. The smallest absolute Gasteiger partial charge is 0.325 e. The second-order valence-corrected chi connectivity index (χ2v) is 7.48. The van der Waals surface area contributed by atoms with E-state index in [1.54, 1.807) is 32.0 Å². The molecule has 8 heteroatoms. The average Bonchev–Trinajstić information content (AvgIpc) is 3.21. The molecule has 0 unspecified atom stereocenters. The Bertz CT molecular complexity index is 798. The Morgan fingerprint density at radius 3 is 2.54 bits per heavy atom. The third kappa shape index (κ3) is 2.75. The molecule has 1 aromatic carbocycles. The monoisotopic (exact) mass is 359 g/mol. The van der Waals surface area contributed by atoms with Crippen molar-refractivity contribution in [1.29, 1.82) is 0 Å². The molecule has 2 aliphatic heterocycles. The Balaban J connectivity index is 1.42. The summed E-state index contributed by atoms with van der Waals surface area (Å²) in [6.07, 6.45) is 3.84. The molecule has 8 nitrogen and oxygen atoms in total. The molecule has 1 saturated heterocycles. The van der Waals surface area contributed by atoms with Crippen molar-refractivity contribution >= 4 is 23.5 Å². The van der Waals surface area contributed by atoms with Crippen LogP contribution in [0.25, 0.3) is 0 Å². The van der Waals surface area contributed by atoms with Gasteiger partial charge >= 0.3 is 6.03 Å². The standard InChI is InChI=1S/C18H21N3O5/c1-17(2)15(23)21(16(24)20-17)10-14(22)19-11-5-6-12-13(9-11)26-18(25-12)7-3-4-8-18/h5-6,9H,3-4,7-8,10H2,1-2H3,(H,19,22)(H,20,24). The van der Waals surface area contributed by atoms with Gasteiger partial charge < -0.3 is 20.1 Å². The van der Waals surface area contributed by atoms with Crippen molar-refractivity contribution in [2.45, 2.75) is 50.9 Å². The largest absolute Gasteiger partial charge is 0.448 e. The topological polar surface area (TPSA) is 97.0 Å². The summed E-state index contributed by atoms with van der Waals surface area (Å²) < 4.78 is 11.9. The molecule has 0 aromatic heterocycles. The van der Waals surface area contributed by atoms with Crippen LogP contribution in [0.2, 0.25) is 0 Å². The van der Waals surface area contributed by atoms with Gasteiger partial charge in [0.15, 0.2) is 11.5 Å². The van der Waals surface area contributed by atoms with E-state index in [1.807, 2.05) is 0 Å². The number of rotatable bonds is 3. The predicted octanol–water partition coefficient (Wildman–Crippen LogP) is 2.00. The van der Waals surface area contributed by atoms with Crippen LogP contribution in [0, 0.1) is 0 Å². The molecule has 1 spiro atoms. The number of nitrogens with one attached hydrogen (secondary N) is 2. The number of nitrogens with zero attached hydrogens (tertiary/aromatic N) is 1. The molecule has 3 aliphatic rings. The van der Waals surface area contributed by atoms with Gasteiger partial charge in [0.05, 0.1) is 0 Å². The van der Waals surface area contributed by atoms with Gasteiger partial charge in [-0.2, -0.15) is 0 Å². The molecule has 4 rings (SSSR count). The van der Waals surface area contributed by atoms with E-state index >= 15 is 0 Å². The molecule has 2 fully saturated rings. The summed E-state index contributed by atoms with van der Waals surface area (Å²) in [5.74, 6) is -0.176. The molecule has 1 aliphatic carbocycles. The van der Waals surface area contributed by atoms with E-state index in [0.717, 1.165) is 30.6 Å². The minimum Gasteiger partial charge on any atom is -0.448 e. The number of amides is 4. The van der Waals surface area contributed by atoms with Gasteiger partial charge in [0.2, 0.25) is 5.91 Å². The first kappa shape index (κ1) is 16.7. The number of urea groups is 1. The molecule has 1 saturated carbocycles. The molecular formula is C18H21N3O5. The minimum absolute atomic E-state index is 0.341. The maximum Gasteiger partial charge on any atom is 0.325 e. The third-order valence-corrected chi connectivity index (χ3v) is 4.93. The first-order valence-corrected chi connectivity index (χ1v) is 8.74. The Morgan fingerprint density at radius 2 is 1.88 bits per heavy atom. The lowest BCUT2D eigenvalue weighted by molar-refractivity contribution is -0.132. The number of carbonyl (C=O) groups is 3. The number of ether oxygens (including phenoxy) is 2. The second kappa shape index (κ2) is 5.62. The highest BCUT2D eigenvalue weighted by Crippen LogP contribution is 2.47. The summed E-state index contributed by atoms with van der Waals surface area (Å²) >= 11 is 0. The van der Waals surface area contributed by atoms with Gasteiger partial charge in [-0.3, -0.25) is 14.5 Å². The summed E-state index contributed by atoms with van der Waals surface area (Å²) in [7, 11) is 0. The van der Waals surface area contributed by atoms with E-state index in [9.17, 15) is 14.4 Å². The lowest BCUT2D eigenvalue weighted by Crippen LogP contribution is -2.41. The Labute approximate surface area is 150 Å². The van der Waals surface area contributed by atoms with Gasteiger partial charge in [0.1, 0.15) is 12.1 Å². The number of carbonyl (C=O) groups excluding carboxylic acids is 3. The first-order valence-electron chi connectivity index (χ1n) is 8.74.